The number of hydrogen-bond acceptors (Lipinski definition) is 1. The van der Waals surface area contributed by atoms with Crippen molar-refractivity contribution in [3.63, 3.8) is 0 Å². The van der Waals surface area contributed by atoms with Crippen molar-refractivity contribution in [3.05, 3.63) is 273 Å². The van der Waals surface area contributed by atoms with E-state index >= 15 is 0 Å². The Morgan fingerprint density at radius 3 is 1.22 bits per heavy atom. The molecule has 0 N–H and O–H groups in total. The first-order valence-corrected chi connectivity index (χ1v) is 21.3. The van der Waals surface area contributed by atoms with Crippen LogP contribution in [0.15, 0.2) is 273 Å². The van der Waals surface area contributed by atoms with Crippen LogP contribution in [0.5, 0.6) is 0 Å². The number of benzene rings is 11. The van der Waals surface area contributed by atoms with Gasteiger partial charge in [0, 0.05) is 17.1 Å². The fourth-order valence-corrected chi connectivity index (χ4v) is 8.23. The molecule has 0 radical (unpaired) electrons. The molecule has 1 nitrogen and oxygen atoms in total. The summed E-state index contributed by atoms with van der Waals surface area (Å²) in [6, 6.07) is 55.5. The SMILES string of the molecule is [2H]c1c([2H])c([2H])c(-c2c([2H])c([2H])c(-c3c([2H])c([2H])c(N(c4ccc(-c5cc(-c6ccccc6)cc(-c6ccccc6)c5)cc4)c4ccc(-c5cccc(-c6cccc7ccccc67)c5)cc4)c([2H])c3[2H])c([2H])c2[2H])c([2H])c1[2H]. The van der Waals surface area contributed by atoms with Gasteiger partial charge < -0.3 is 4.90 Å². The molecule has 11 aromatic rings. The monoisotopic (exact) mass is 840 g/mol. The van der Waals surface area contributed by atoms with Crippen molar-refractivity contribution in [2.45, 2.75) is 0 Å². The minimum atomic E-state index is -0.778. The van der Waals surface area contributed by atoms with Crippen LogP contribution in [0.25, 0.3) is 88.7 Å². The molecule has 0 heterocycles. The van der Waals surface area contributed by atoms with Crippen LogP contribution >= 0.6 is 0 Å². The average Bonchev–Trinajstić information content (AvgIpc) is 3.57. The number of rotatable bonds is 10. The lowest BCUT2D eigenvalue weighted by Crippen LogP contribution is -2.09. The molecule has 0 saturated carbocycles. The summed E-state index contributed by atoms with van der Waals surface area (Å²) in [5.41, 5.74) is 8.63. The summed E-state index contributed by atoms with van der Waals surface area (Å²) >= 11 is 0. The van der Waals surface area contributed by atoms with Gasteiger partial charge in [-0.1, -0.05) is 212 Å². The highest BCUT2D eigenvalue weighted by Crippen LogP contribution is 2.40. The van der Waals surface area contributed by atoms with Gasteiger partial charge in [-0.05, 0) is 149 Å². The van der Waals surface area contributed by atoms with Crippen molar-refractivity contribution in [2.75, 3.05) is 4.90 Å². The van der Waals surface area contributed by atoms with Gasteiger partial charge in [0.05, 0.1) is 17.8 Å². The van der Waals surface area contributed by atoms with E-state index in [4.69, 9.17) is 12.3 Å². The summed E-state index contributed by atoms with van der Waals surface area (Å²) in [5.74, 6) is 0. The van der Waals surface area contributed by atoms with E-state index in [1.165, 1.54) is 0 Å². The van der Waals surface area contributed by atoms with Gasteiger partial charge in [-0.25, -0.2) is 0 Å². The molecule has 11 rings (SSSR count). The Hall–Kier alpha value is -8.52. The Kier molecular flexibility index (Phi) is 7.49. The Balaban J connectivity index is 1.06. The van der Waals surface area contributed by atoms with E-state index in [9.17, 15) is 5.48 Å². The first-order valence-electron chi connectivity index (χ1n) is 27.8. The van der Waals surface area contributed by atoms with Gasteiger partial charge in [-0.2, -0.15) is 0 Å². The van der Waals surface area contributed by atoms with Crippen LogP contribution in [0.2, 0.25) is 0 Å². The molecule has 0 bridgehead atoms. The molecule has 0 spiro atoms. The van der Waals surface area contributed by atoms with Crippen molar-refractivity contribution in [1.29, 1.82) is 0 Å². The van der Waals surface area contributed by atoms with E-state index in [1.807, 2.05) is 115 Å². The van der Waals surface area contributed by atoms with Crippen LogP contribution in [0.3, 0.4) is 0 Å². The zero-order valence-electron chi connectivity index (χ0n) is 47.9. The van der Waals surface area contributed by atoms with Gasteiger partial charge >= 0.3 is 0 Å². The first-order chi connectivity index (χ1) is 37.6. The second-order valence-corrected chi connectivity index (χ2v) is 15.5. The van der Waals surface area contributed by atoms with E-state index in [1.54, 1.807) is 4.90 Å². The summed E-state index contributed by atoms with van der Waals surface area (Å²) in [4.78, 5) is 1.64. The molecule has 306 valence electrons. The Labute approximate surface area is 400 Å². The minimum Gasteiger partial charge on any atom is -0.311 e. The molecule has 0 unspecified atom stereocenters. The zero-order valence-corrected chi connectivity index (χ0v) is 34.9. The van der Waals surface area contributed by atoms with E-state index in [-0.39, 0.29) is 5.69 Å². The quantitative estimate of drug-likeness (QED) is 0.133. The third kappa shape index (κ3) is 8.27. The van der Waals surface area contributed by atoms with E-state index in [0.29, 0.717) is 11.4 Å². The summed E-state index contributed by atoms with van der Waals surface area (Å²) in [7, 11) is 0. The maximum absolute atomic E-state index is 9.67. The zero-order chi connectivity index (χ0) is 54.7. The number of anilines is 3. The van der Waals surface area contributed by atoms with Crippen molar-refractivity contribution in [2.24, 2.45) is 0 Å². The van der Waals surface area contributed by atoms with E-state index < -0.39 is 101 Å². The fraction of sp³-hybridized carbons (Fsp3) is 0. The molecule has 0 aliphatic rings. The maximum atomic E-state index is 9.67. The number of nitrogens with zero attached hydrogens (tertiary/aromatic N) is 1. The topological polar surface area (TPSA) is 3.24 Å². The fourth-order valence-electron chi connectivity index (χ4n) is 8.23. The average molecular weight is 841 g/mol. The third-order valence-corrected chi connectivity index (χ3v) is 11.5. The lowest BCUT2D eigenvalue weighted by atomic mass is 9.93. The Morgan fingerprint density at radius 2 is 0.646 bits per heavy atom. The van der Waals surface area contributed by atoms with Gasteiger partial charge in [0.15, 0.2) is 0 Å². The van der Waals surface area contributed by atoms with Gasteiger partial charge in [-0.15, -0.1) is 0 Å². The molecule has 0 amide bonds. The van der Waals surface area contributed by atoms with Crippen molar-refractivity contribution >= 4 is 27.8 Å². The Morgan fingerprint density at radius 1 is 0.246 bits per heavy atom. The number of hydrogen-bond donors (Lipinski definition) is 0. The van der Waals surface area contributed by atoms with E-state index in [0.717, 1.165) is 66.4 Å². The lowest BCUT2D eigenvalue weighted by molar-refractivity contribution is 1.28. The Bertz CT molecular complexity index is 4020. The predicted molar refractivity (Wildman–Crippen MR) is 277 cm³/mol. The van der Waals surface area contributed by atoms with Crippen molar-refractivity contribution in [3.8, 4) is 77.9 Å². The summed E-state index contributed by atoms with van der Waals surface area (Å²) in [6.45, 7) is 0. The largest absolute Gasteiger partial charge is 0.311 e. The molecule has 0 saturated heterocycles. The number of fused-ring (bicyclic) bond motifs is 1. The van der Waals surface area contributed by atoms with Crippen LogP contribution in [0.4, 0.5) is 17.1 Å². The highest BCUT2D eigenvalue weighted by atomic mass is 15.1. The highest BCUT2D eigenvalue weighted by molar-refractivity contribution is 5.97. The first kappa shape index (κ1) is 27.5. The minimum absolute atomic E-state index is 0.143. The van der Waals surface area contributed by atoms with Gasteiger partial charge in [-0.3, -0.25) is 0 Å². The molecule has 0 aromatic heterocycles. The molecular formula is C64H45N. The van der Waals surface area contributed by atoms with Crippen molar-refractivity contribution < 1.29 is 17.8 Å². The van der Waals surface area contributed by atoms with Gasteiger partial charge in [0.25, 0.3) is 0 Å². The maximum Gasteiger partial charge on any atom is 0.0645 e. The van der Waals surface area contributed by atoms with E-state index in [2.05, 4.69) is 78.9 Å². The van der Waals surface area contributed by atoms with Crippen LogP contribution in [0.1, 0.15) is 17.8 Å². The molecule has 65 heavy (non-hydrogen) atoms. The van der Waals surface area contributed by atoms with Crippen LogP contribution in [0, 0.1) is 0 Å². The smallest absolute Gasteiger partial charge is 0.0645 e. The lowest BCUT2D eigenvalue weighted by Gasteiger charge is -2.26. The molecule has 1 heteroatoms. The molecule has 0 atom stereocenters. The molecule has 11 aromatic carbocycles. The second-order valence-electron chi connectivity index (χ2n) is 15.5. The summed E-state index contributed by atoms with van der Waals surface area (Å²) in [5, 5.41) is 2.26. The van der Waals surface area contributed by atoms with Gasteiger partial charge in [0.2, 0.25) is 0 Å². The van der Waals surface area contributed by atoms with Gasteiger partial charge in [0.1, 0.15) is 0 Å². The van der Waals surface area contributed by atoms with Crippen molar-refractivity contribution in [1.82, 2.24) is 0 Å². The van der Waals surface area contributed by atoms with Crippen LogP contribution in [-0.4, -0.2) is 0 Å². The molecular weight excluding hydrogens is 783 g/mol. The molecule has 0 aliphatic carbocycles. The third-order valence-electron chi connectivity index (χ3n) is 11.5. The summed E-state index contributed by atoms with van der Waals surface area (Å²) < 4.78 is 116. The van der Waals surface area contributed by atoms with Crippen LogP contribution < -0.4 is 4.90 Å². The summed E-state index contributed by atoms with van der Waals surface area (Å²) in [6.07, 6.45) is 0. The highest BCUT2D eigenvalue weighted by Gasteiger charge is 2.15. The second kappa shape index (κ2) is 17.7. The predicted octanol–water partition coefficient (Wildman–Crippen LogP) is 18.0. The molecule has 0 aliphatic heterocycles. The standard InChI is InChI=1S/C64H45N/c1-4-14-46(15-5-1)49-26-28-50(29-27-49)51-30-36-60(37-31-51)65(61-38-32-52(33-39-61)55-22-12-23-56(42-55)64-25-13-21-54-20-10-11-24-63(54)64)62-40-34-53(35-41-62)59-44-57(47-16-6-2-7-17-47)43-58(45-59)48-18-8-3-9-19-48/h1-45H/i1D,4D,5D,14D,15D,26D,27D,28D,29D,30D,31D,36D,37D. The molecule has 0 fully saturated rings. The normalized spacial score (nSPS) is 13.9. The van der Waals surface area contributed by atoms with Crippen LogP contribution in [-0.2, 0) is 0 Å².